The molecule has 4 heteroatoms. The third-order valence-corrected chi connectivity index (χ3v) is 4.20. The van der Waals surface area contributed by atoms with E-state index in [0.29, 0.717) is 11.3 Å². The van der Waals surface area contributed by atoms with E-state index in [1.54, 1.807) is 0 Å². The van der Waals surface area contributed by atoms with E-state index in [-0.39, 0.29) is 6.03 Å². The number of piperidine rings is 1. The number of carbonyl (C=O) groups is 1. The van der Waals surface area contributed by atoms with Crippen LogP contribution in [0.15, 0.2) is 0 Å². The van der Waals surface area contributed by atoms with Gasteiger partial charge in [0.15, 0.2) is 0 Å². The summed E-state index contributed by atoms with van der Waals surface area (Å²) < 4.78 is 0. The highest BCUT2D eigenvalue weighted by Crippen LogP contribution is 2.19. The molecule has 0 unspecified atom stereocenters. The maximum Gasteiger partial charge on any atom is 0.317 e. The van der Waals surface area contributed by atoms with Crippen molar-refractivity contribution in [3.63, 3.8) is 0 Å². The molecule has 1 heterocycles. The molecule has 0 atom stereocenters. The summed E-state index contributed by atoms with van der Waals surface area (Å²) in [6.07, 6.45) is 8.25. The number of amides is 2. The normalized spacial score (nSPS) is 24.4. The standard InChI is InChI=1S/C12H22N2OS/c15-12(13-10-4-2-1-3-5-10)14-8-6-11(16)7-9-14/h10-11,16H,1-9H2,(H,13,15). The van der Waals surface area contributed by atoms with E-state index in [1.165, 1.54) is 19.3 Å². The number of urea groups is 1. The smallest absolute Gasteiger partial charge is 0.317 e. The number of thiol groups is 1. The zero-order valence-electron chi connectivity index (χ0n) is 9.82. The Morgan fingerprint density at radius 2 is 1.69 bits per heavy atom. The maximum atomic E-state index is 12.0. The van der Waals surface area contributed by atoms with Gasteiger partial charge in [-0.1, -0.05) is 19.3 Å². The first-order valence-electron chi connectivity index (χ1n) is 6.49. The maximum absolute atomic E-state index is 12.0. The summed E-state index contributed by atoms with van der Waals surface area (Å²) in [4.78, 5) is 13.9. The molecule has 1 saturated heterocycles. The molecule has 1 saturated carbocycles. The fourth-order valence-electron chi connectivity index (χ4n) is 2.58. The summed E-state index contributed by atoms with van der Waals surface area (Å²) in [7, 11) is 0. The van der Waals surface area contributed by atoms with E-state index in [4.69, 9.17) is 0 Å². The van der Waals surface area contributed by atoms with Crippen molar-refractivity contribution in [3.8, 4) is 0 Å². The predicted molar refractivity (Wildman–Crippen MR) is 69.0 cm³/mol. The molecule has 92 valence electrons. The molecule has 3 nitrogen and oxygen atoms in total. The molecule has 1 aliphatic carbocycles. The average molecular weight is 242 g/mol. The SMILES string of the molecule is O=C(NC1CCCCC1)N1CCC(S)CC1. The van der Waals surface area contributed by atoms with Gasteiger partial charge < -0.3 is 10.2 Å². The van der Waals surface area contributed by atoms with Crippen LogP contribution in [0.5, 0.6) is 0 Å². The molecule has 0 aromatic rings. The lowest BCUT2D eigenvalue weighted by molar-refractivity contribution is 0.180. The van der Waals surface area contributed by atoms with Crippen LogP contribution in [0, 0.1) is 0 Å². The molecular weight excluding hydrogens is 220 g/mol. The Morgan fingerprint density at radius 3 is 2.31 bits per heavy atom. The van der Waals surface area contributed by atoms with Crippen molar-refractivity contribution in [3.05, 3.63) is 0 Å². The molecule has 0 spiro atoms. The molecule has 2 amide bonds. The van der Waals surface area contributed by atoms with Gasteiger partial charge in [0, 0.05) is 24.4 Å². The lowest BCUT2D eigenvalue weighted by atomic mass is 9.96. The minimum absolute atomic E-state index is 0.145. The summed E-state index contributed by atoms with van der Waals surface area (Å²) in [6, 6.07) is 0.571. The molecule has 2 rings (SSSR count). The monoisotopic (exact) mass is 242 g/mol. The molecule has 0 bridgehead atoms. The largest absolute Gasteiger partial charge is 0.335 e. The Balaban J connectivity index is 1.74. The van der Waals surface area contributed by atoms with E-state index in [0.717, 1.165) is 38.8 Å². The number of rotatable bonds is 1. The van der Waals surface area contributed by atoms with Gasteiger partial charge in [-0.3, -0.25) is 0 Å². The quantitative estimate of drug-likeness (QED) is 0.680. The van der Waals surface area contributed by atoms with Crippen LogP contribution in [-0.4, -0.2) is 35.3 Å². The van der Waals surface area contributed by atoms with Gasteiger partial charge >= 0.3 is 6.03 Å². The minimum Gasteiger partial charge on any atom is -0.335 e. The van der Waals surface area contributed by atoms with Crippen molar-refractivity contribution in [2.45, 2.75) is 56.2 Å². The van der Waals surface area contributed by atoms with Gasteiger partial charge in [-0.25, -0.2) is 4.79 Å². The first-order chi connectivity index (χ1) is 7.75. The molecular formula is C12H22N2OS. The zero-order valence-corrected chi connectivity index (χ0v) is 10.7. The number of nitrogens with one attached hydrogen (secondary N) is 1. The second-order valence-corrected chi connectivity index (χ2v) is 5.73. The highest BCUT2D eigenvalue weighted by atomic mass is 32.1. The van der Waals surface area contributed by atoms with Gasteiger partial charge in [0.25, 0.3) is 0 Å². The van der Waals surface area contributed by atoms with Crippen molar-refractivity contribution in [2.75, 3.05) is 13.1 Å². The van der Waals surface area contributed by atoms with Crippen LogP contribution >= 0.6 is 12.6 Å². The van der Waals surface area contributed by atoms with Gasteiger partial charge in [-0.05, 0) is 25.7 Å². The lowest BCUT2D eigenvalue weighted by Crippen LogP contribution is -2.48. The van der Waals surface area contributed by atoms with Crippen LogP contribution in [0.2, 0.25) is 0 Å². The number of hydrogen-bond acceptors (Lipinski definition) is 2. The number of hydrogen-bond donors (Lipinski definition) is 2. The lowest BCUT2D eigenvalue weighted by Gasteiger charge is -2.32. The third-order valence-electron chi connectivity index (χ3n) is 3.68. The Morgan fingerprint density at radius 1 is 1.06 bits per heavy atom. The first-order valence-corrected chi connectivity index (χ1v) is 7.01. The van der Waals surface area contributed by atoms with Gasteiger partial charge in [0.05, 0.1) is 0 Å². The van der Waals surface area contributed by atoms with E-state index >= 15 is 0 Å². The van der Waals surface area contributed by atoms with Crippen LogP contribution in [-0.2, 0) is 0 Å². The molecule has 0 radical (unpaired) electrons. The second kappa shape index (κ2) is 5.80. The van der Waals surface area contributed by atoms with E-state index in [2.05, 4.69) is 17.9 Å². The van der Waals surface area contributed by atoms with E-state index < -0.39 is 0 Å². The third kappa shape index (κ3) is 3.30. The number of carbonyl (C=O) groups excluding carboxylic acids is 1. The summed E-state index contributed by atoms with van der Waals surface area (Å²) in [5.74, 6) is 0. The van der Waals surface area contributed by atoms with Crippen LogP contribution in [0.1, 0.15) is 44.9 Å². The van der Waals surface area contributed by atoms with Crippen molar-refractivity contribution < 1.29 is 4.79 Å². The average Bonchev–Trinajstić information content (AvgIpc) is 2.31. The van der Waals surface area contributed by atoms with Crippen molar-refractivity contribution in [1.29, 1.82) is 0 Å². The Bertz CT molecular complexity index is 233. The fraction of sp³-hybridized carbons (Fsp3) is 0.917. The van der Waals surface area contributed by atoms with Crippen molar-refractivity contribution in [2.24, 2.45) is 0 Å². The highest BCUT2D eigenvalue weighted by molar-refractivity contribution is 7.80. The van der Waals surface area contributed by atoms with Gasteiger partial charge in [-0.15, -0.1) is 0 Å². The van der Waals surface area contributed by atoms with E-state index in [1.807, 2.05) is 4.90 Å². The Kier molecular flexibility index (Phi) is 4.38. The summed E-state index contributed by atoms with van der Waals surface area (Å²) in [5, 5.41) is 3.65. The zero-order chi connectivity index (χ0) is 11.4. The Hall–Kier alpha value is -0.380. The van der Waals surface area contributed by atoms with E-state index in [9.17, 15) is 4.79 Å². The van der Waals surface area contributed by atoms with Gasteiger partial charge in [-0.2, -0.15) is 12.6 Å². The number of nitrogens with zero attached hydrogens (tertiary/aromatic N) is 1. The summed E-state index contributed by atoms with van der Waals surface area (Å²) in [5.41, 5.74) is 0. The van der Waals surface area contributed by atoms with Gasteiger partial charge in [0.1, 0.15) is 0 Å². The van der Waals surface area contributed by atoms with Crippen LogP contribution in [0.3, 0.4) is 0 Å². The molecule has 2 aliphatic rings. The minimum atomic E-state index is 0.145. The van der Waals surface area contributed by atoms with Crippen LogP contribution < -0.4 is 5.32 Å². The second-order valence-electron chi connectivity index (χ2n) is 5.00. The Labute approximate surface area is 103 Å². The van der Waals surface area contributed by atoms with Crippen LogP contribution in [0.4, 0.5) is 4.79 Å². The van der Waals surface area contributed by atoms with Gasteiger partial charge in [0.2, 0.25) is 0 Å². The highest BCUT2D eigenvalue weighted by Gasteiger charge is 2.23. The summed E-state index contributed by atoms with van der Waals surface area (Å²) in [6.45, 7) is 1.74. The predicted octanol–water partition coefficient (Wildman–Crippen LogP) is 2.42. The van der Waals surface area contributed by atoms with Crippen molar-refractivity contribution >= 4 is 18.7 Å². The molecule has 0 aromatic heterocycles. The molecule has 1 aliphatic heterocycles. The van der Waals surface area contributed by atoms with Crippen LogP contribution in [0.25, 0.3) is 0 Å². The molecule has 0 aromatic carbocycles. The topological polar surface area (TPSA) is 32.3 Å². The number of likely N-dealkylation sites (tertiary alicyclic amines) is 1. The fourth-order valence-corrected chi connectivity index (χ4v) is 2.81. The first kappa shape index (κ1) is 12.1. The summed E-state index contributed by atoms with van der Waals surface area (Å²) >= 11 is 4.44. The molecule has 16 heavy (non-hydrogen) atoms. The molecule has 2 fully saturated rings. The van der Waals surface area contributed by atoms with Crippen molar-refractivity contribution in [1.82, 2.24) is 10.2 Å². The molecule has 1 N–H and O–H groups in total.